The first-order chi connectivity index (χ1) is 9.27. The van der Waals surface area contributed by atoms with Crippen LogP contribution >= 0.6 is 0 Å². The van der Waals surface area contributed by atoms with E-state index in [4.69, 9.17) is 0 Å². The molecule has 0 amide bonds. The molecule has 2 aromatic rings. The summed E-state index contributed by atoms with van der Waals surface area (Å²) in [7, 11) is 0. The minimum Gasteiger partial charge on any atom is -0.388 e. The summed E-state index contributed by atoms with van der Waals surface area (Å²) in [6.45, 7) is 0.532. The lowest BCUT2D eigenvalue weighted by molar-refractivity contribution is 0.0381. The number of aromatic amines is 1. The van der Waals surface area contributed by atoms with Gasteiger partial charge in [0.05, 0.1) is 17.2 Å². The molecule has 3 N–H and O–H groups in total. The lowest BCUT2D eigenvalue weighted by Gasteiger charge is -2.27. The number of nitrogens with zero attached hydrogens (tertiary/aromatic N) is 3. The first-order valence-electron chi connectivity index (χ1n) is 6.87. The van der Waals surface area contributed by atoms with Crippen molar-refractivity contribution in [2.24, 2.45) is 0 Å². The monoisotopic (exact) mass is 261 g/mol. The molecule has 3 rings (SSSR count). The number of nitrogens with one attached hydrogen (secondary N) is 2. The fraction of sp³-hybridized carbons (Fsp3) is 0.615. The summed E-state index contributed by atoms with van der Waals surface area (Å²) in [5, 5.41) is 21.5. The molecular formula is C13H19N5O. The summed E-state index contributed by atoms with van der Waals surface area (Å²) < 4.78 is 0. The van der Waals surface area contributed by atoms with E-state index in [1.807, 2.05) is 0 Å². The van der Waals surface area contributed by atoms with Crippen molar-refractivity contribution in [3.63, 3.8) is 0 Å². The van der Waals surface area contributed by atoms with E-state index in [9.17, 15) is 5.11 Å². The van der Waals surface area contributed by atoms with E-state index in [1.54, 1.807) is 6.20 Å². The van der Waals surface area contributed by atoms with Crippen molar-refractivity contribution < 1.29 is 5.11 Å². The van der Waals surface area contributed by atoms with Gasteiger partial charge in [-0.25, -0.2) is 9.97 Å². The smallest absolute Gasteiger partial charge is 0.160 e. The van der Waals surface area contributed by atoms with Crippen molar-refractivity contribution in [1.82, 2.24) is 20.2 Å². The molecule has 0 spiro atoms. The Morgan fingerprint density at radius 1 is 1.21 bits per heavy atom. The second kappa shape index (κ2) is 5.13. The van der Waals surface area contributed by atoms with Crippen molar-refractivity contribution >= 4 is 16.9 Å². The van der Waals surface area contributed by atoms with Gasteiger partial charge in [-0.05, 0) is 12.8 Å². The summed E-state index contributed by atoms with van der Waals surface area (Å²) in [4.78, 5) is 8.32. The van der Waals surface area contributed by atoms with E-state index in [1.165, 1.54) is 19.2 Å². The van der Waals surface area contributed by atoms with Crippen LogP contribution < -0.4 is 5.32 Å². The van der Waals surface area contributed by atoms with Crippen LogP contribution in [0.4, 0.5) is 5.82 Å². The highest BCUT2D eigenvalue weighted by molar-refractivity contribution is 5.85. The Balaban J connectivity index is 1.73. The lowest BCUT2D eigenvalue weighted by Crippen LogP contribution is -2.36. The van der Waals surface area contributed by atoms with Crippen LogP contribution in [0.15, 0.2) is 12.5 Å². The number of aliphatic hydroxyl groups is 1. The molecule has 1 aliphatic rings. The molecule has 6 nitrogen and oxygen atoms in total. The number of anilines is 1. The molecule has 19 heavy (non-hydrogen) atoms. The molecule has 0 radical (unpaired) electrons. The summed E-state index contributed by atoms with van der Waals surface area (Å²) in [6, 6.07) is 0. The maximum absolute atomic E-state index is 10.6. The van der Waals surface area contributed by atoms with Gasteiger partial charge in [-0.2, -0.15) is 5.10 Å². The Morgan fingerprint density at radius 3 is 2.79 bits per heavy atom. The summed E-state index contributed by atoms with van der Waals surface area (Å²) >= 11 is 0. The van der Waals surface area contributed by atoms with Crippen LogP contribution in [0, 0.1) is 0 Å². The zero-order valence-corrected chi connectivity index (χ0v) is 10.9. The van der Waals surface area contributed by atoms with Crippen molar-refractivity contribution in [2.45, 2.75) is 44.1 Å². The standard InChI is InChI=1S/C13H19N5O/c19-13(5-3-1-2-4-6-13)8-14-11-10-7-17-18-12(10)16-9-15-11/h7,9,19H,1-6,8H2,(H2,14,15,16,17,18). The van der Waals surface area contributed by atoms with Gasteiger partial charge in [-0.1, -0.05) is 25.7 Å². The average Bonchev–Trinajstić information content (AvgIpc) is 2.80. The van der Waals surface area contributed by atoms with Crippen LogP contribution in [0.25, 0.3) is 11.0 Å². The van der Waals surface area contributed by atoms with E-state index < -0.39 is 5.60 Å². The zero-order chi connectivity index (χ0) is 13.1. The van der Waals surface area contributed by atoms with E-state index >= 15 is 0 Å². The highest BCUT2D eigenvalue weighted by Crippen LogP contribution is 2.27. The molecule has 102 valence electrons. The lowest BCUT2D eigenvalue weighted by atomic mass is 9.94. The van der Waals surface area contributed by atoms with Crippen LogP contribution in [0.3, 0.4) is 0 Å². The van der Waals surface area contributed by atoms with Crippen LogP contribution in [-0.4, -0.2) is 37.4 Å². The Labute approximate surface area is 111 Å². The van der Waals surface area contributed by atoms with E-state index in [0.717, 1.165) is 36.9 Å². The molecule has 0 unspecified atom stereocenters. The van der Waals surface area contributed by atoms with E-state index in [-0.39, 0.29) is 0 Å². The molecule has 6 heteroatoms. The number of H-pyrrole nitrogens is 1. The molecule has 0 saturated heterocycles. The SMILES string of the molecule is OC1(CNc2ncnc3[nH]ncc23)CCCCCC1. The normalized spacial score (nSPS) is 19.2. The molecule has 1 aliphatic carbocycles. The average molecular weight is 261 g/mol. The number of fused-ring (bicyclic) bond motifs is 1. The molecule has 0 aliphatic heterocycles. The van der Waals surface area contributed by atoms with E-state index in [2.05, 4.69) is 25.5 Å². The Bertz CT molecular complexity index is 545. The van der Waals surface area contributed by atoms with Crippen LogP contribution in [0.2, 0.25) is 0 Å². The number of hydrogen-bond acceptors (Lipinski definition) is 5. The van der Waals surface area contributed by atoms with Gasteiger partial charge in [-0.15, -0.1) is 0 Å². The van der Waals surface area contributed by atoms with Crippen molar-refractivity contribution in [1.29, 1.82) is 0 Å². The molecule has 0 atom stereocenters. The summed E-state index contributed by atoms with van der Waals surface area (Å²) in [6.07, 6.45) is 9.57. The quantitative estimate of drug-likeness (QED) is 0.734. The Hall–Kier alpha value is -1.69. The molecule has 2 aromatic heterocycles. The number of rotatable bonds is 3. The molecule has 1 saturated carbocycles. The third-order valence-electron chi connectivity index (χ3n) is 3.87. The van der Waals surface area contributed by atoms with Crippen molar-refractivity contribution in [3.05, 3.63) is 12.5 Å². The molecule has 0 aromatic carbocycles. The molecule has 2 heterocycles. The second-order valence-corrected chi connectivity index (χ2v) is 5.35. The Morgan fingerprint density at radius 2 is 2.00 bits per heavy atom. The largest absolute Gasteiger partial charge is 0.388 e. The molecule has 0 bridgehead atoms. The molecule has 1 fully saturated rings. The summed E-state index contributed by atoms with van der Waals surface area (Å²) in [5.74, 6) is 0.733. The Kier molecular flexibility index (Phi) is 3.33. The predicted molar refractivity (Wildman–Crippen MR) is 72.8 cm³/mol. The minimum absolute atomic E-state index is 0.532. The third kappa shape index (κ3) is 2.68. The van der Waals surface area contributed by atoms with Gasteiger partial charge >= 0.3 is 0 Å². The first kappa shape index (κ1) is 12.3. The third-order valence-corrected chi connectivity index (χ3v) is 3.87. The van der Waals surface area contributed by atoms with Crippen LogP contribution in [0.5, 0.6) is 0 Å². The predicted octanol–water partition coefficient (Wildman–Crippen LogP) is 1.85. The highest BCUT2D eigenvalue weighted by Gasteiger charge is 2.27. The molecular weight excluding hydrogens is 242 g/mol. The van der Waals surface area contributed by atoms with Gasteiger partial charge in [0.15, 0.2) is 5.65 Å². The van der Waals surface area contributed by atoms with Crippen LogP contribution in [0.1, 0.15) is 38.5 Å². The highest BCUT2D eigenvalue weighted by atomic mass is 16.3. The van der Waals surface area contributed by atoms with E-state index in [0.29, 0.717) is 12.2 Å². The first-order valence-corrected chi connectivity index (χ1v) is 6.87. The topological polar surface area (TPSA) is 86.7 Å². The zero-order valence-electron chi connectivity index (χ0n) is 10.9. The van der Waals surface area contributed by atoms with Gasteiger partial charge in [-0.3, -0.25) is 5.10 Å². The maximum Gasteiger partial charge on any atom is 0.160 e. The number of hydrogen-bond donors (Lipinski definition) is 3. The van der Waals surface area contributed by atoms with Crippen molar-refractivity contribution in [2.75, 3.05) is 11.9 Å². The number of aromatic nitrogens is 4. The maximum atomic E-state index is 10.6. The second-order valence-electron chi connectivity index (χ2n) is 5.35. The van der Waals surface area contributed by atoms with Gasteiger partial charge in [0.2, 0.25) is 0 Å². The van der Waals surface area contributed by atoms with Gasteiger partial charge in [0.1, 0.15) is 12.1 Å². The van der Waals surface area contributed by atoms with Crippen molar-refractivity contribution in [3.8, 4) is 0 Å². The fourth-order valence-corrected chi connectivity index (χ4v) is 2.72. The van der Waals surface area contributed by atoms with Gasteiger partial charge < -0.3 is 10.4 Å². The summed E-state index contributed by atoms with van der Waals surface area (Å²) in [5.41, 5.74) is 0.0997. The van der Waals surface area contributed by atoms with Gasteiger partial charge in [0.25, 0.3) is 0 Å². The minimum atomic E-state index is -0.614. The van der Waals surface area contributed by atoms with Gasteiger partial charge in [0, 0.05) is 6.54 Å². The van der Waals surface area contributed by atoms with Crippen LogP contribution in [-0.2, 0) is 0 Å². The fourth-order valence-electron chi connectivity index (χ4n) is 2.72.